The Morgan fingerprint density at radius 1 is 1.07 bits per heavy atom. The maximum Gasteiger partial charge on any atom is 0.265 e. The summed E-state index contributed by atoms with van der Waals surface area (Å²) in [7, 11) is -3.50. The molecule has 0 bridgehead atoms. The first-order valence-electron chi connectivity index (χ1n) is 9.30. The van der Waals surface area contributed by atoms with Crippen LogP contribution in [-0.2, 0) is 14.8 Å². The van der Waals surface area contributed by atoms with E-state index >= 15 is 0 Å². The Morgan fingerprint density at radius 2 is 1.72 bits per heavy atom. The monoisotopic (exact) mass is 456 g/mol. The van der Waals surface area contributed by atoms with Crippen molar-refractivity contribution < 1.29 is 17.9 Å². The minimum atomic E-state index is -3.50. The summed E-state index contributed by atoms with van der Waals surface area (Å²) in [6, 6.07) is 10.9. The molecule has 29 heavy (non-hydrogen) atoms. The predicted molar refractivity (Wildman–Crippen MR) is 114 cm³/mol. The Bertz CT molecular complexity index is 974. The van der Waals surface area contributed by atoms with E-state index in [2.05, 4.69) is 5.32 Å². The van der Waals surface area contributed by atoms with Crippen LogP contribution in [0.3, 0.4) is 0 Å². The molecule has 0 aromatic heterocycles. The molecule has 0 spiro atoms. The molecule has 1 aliphatic rings. The van der Waals surface area contributed by atoms with Gasteiger partial charge in [0.25, 0.3) is 5.91 Å². The zero-order valence-corrected chi connectivity index (χ0v) is 18.2. The highest BCUT2D eigenvalue weighted by Crippen LogP contribution is 2.28. The van der Waals surface area contributed by atoms with Gasteiger partial charge in [-0.15, -0.1) is 0 Å². The summed E-state index contributed by atoms with van der Waals surface area (Å²) in [5.41, 5.74) is 0.477. The van der Waals surface area contributed by atoms with Crippen LogP contribution in [0.4, 0.5) is 5.69 Å². The second-order valence-electron chi connectivity index (χ2n) is 6.81. The molecule has 0 radical (unpaired) electrons. The Labute approximate surface area is 180 Å². The first-order valence-corrected chi connectivity index (χ1v) is 11.5. The fourth-order valence-corrected chi connectivity index (χ4v) is 4.99. The maximum atomic E-state index is 12.7. The van der Waals surface area contributed by atoms with Gasteiger partial charge in [0.2, 0.25) is 10.0 Å². The number of anilines is 1. The standard InChI is InChI=1S/C20H22Cl2N2O4S/c1-14(28-19-10-5-15(21)13-18(19)22)20(25)23-16-6-8-17(9-7-16)29(26,27)24-11-3-2-4-12-24/h5-10,13-14H,2-4,11-12H2,1H3,(H,23,25). The average molecular weight is 457 g/mol. The molecule has 1 fully saturated rings. The van der Waals surface area contributed by atoms with E-state index in [4.69, 9.17) is 27.9 Å². The van der Waals surface area contributed by atoms with Crippen LogP contribution in [0.5, 0.6) is 5.75 Å². The maximum absolute atomic E-state index is 12.7. The highest BCUT2D eigenvalue weighted by Gasteiger charge is 2.26. The first kappa shape index (κ1) is 21.9. The van der Waals surface area contributed by atoms with E-state index in [0.29, 0.717) is 34.6 Å². The van der Waals surface area contributed by atoms with E-state index in [-0.39, 0.29) is 10.8 Å². The van der Waals surface area contributed by atoms with E-state index in [9.17, 15) is 13.2 Å². The third-order valence-electron chi connectivity index (χ3n) is 4.64. The number of carbonyl (C=O) groups is 1. The van der Waals surface area contributed by atoms with Crippen molar-refractivity contribution in [2.75, 3.05) is 18.4 Å². The van der Waals surface area contributed by atoms with Crippen molar-refractivity contribution in [2.45, 2.75) is 37.2 Å². The fourth-order valence-electron chi connectivity index (χ4n) is 3.02. The molecule has 2 aromatic rings. The van der Waals surface area contributed by atoms with Crippen molar-refractivity contribution in [1.29, 1.82) is 0 Å². The van der Waals surface area contributed by atoms with Gasteiger partial charge < -0.3 is 10.1 Å². The van der Waals surface area contributed by atoms with Gasteiger partial charge in [-0.2, -0.15) is 4.31 Å². The van der Waals surface area contributed by atoms with Crippen LogP contribution in [0.15, 0.2) is 47.4 Å². The van der Waals surface area contributed by atoms with Crippen molar-refractivity contribution in [3.8, 4) is 5.75 Å². The number of hydrogen-bond acceptors (Lipinski definition) is 4. The third-order valence-corrected chi connectivity index (χ3v) is 7.08. The minimum absolute atomic E-state index is 0.217. The quantitative estimate of drug-likeness (QED) is 0.690. The molecule has 1 saturated heterocycles. The lowest BCUT2D eigenvalue weighted by Gasteiger charge is -2.25. The molecule has 2 aromatic carbocycles. The Hall–Kier alpha value is -1.80. The summed E-state index contributed by atoms with van der Waals surface area (Å²) < 4.78 is 32.5. The fraction of sp³-hybridized carbons (Fsp3) is 0.350. The van der Waals surface area contributed by atoms with Crippen molar-refractivity contribution in [1.82, 2.24) is 4.31 Å². The van der Waals surface area contributed by atoms with Crippen LogP contribution < -0.4 is 10.1 Å². The Kier molecular flexibility index (Phi) is 7.05. The van der Waals surface area contributed by atoms with E-state index in [1.807, 2.05) is 0 Å². The van der Waals surface area contributed by atoms with Crippen LogP contribution in [0, 0.1) is 0 Å². The van der Waals surface area contributed by atoms with Crippen molar-refractivity contribution in [3.63, 3.8) is 0 Å². The molecule has 0 aliphatic carbocycles. The van der Waals surface area contributed by atoms with E-state index in [1.165, 1.54) is 22.5 Å². The summed E-state index contributed by atoms with van der Waals surface area (Å²) in [5, 5.41) is 3.49. The van der Waals surface area contributed by atoms with Gasteiger partial charge in [-0.1, -0.05) is 29.6 Å². The molecular formula is C20H22Cl2N2O4S. The third kappa shape index (κ3) is 5.42. The number of carbonyl (C=O) groups excluding carboxylic acids is 1. The Morgan fingerprint density at radius 3 is 2.34 bits per heavy atom. The van der Waals surface area contributed by atoms with Crippen LogP contribution in [0.1, 0.15) is 26.2 Å². The highest BCUT2D eigenvalue weighted by molar-refractivity contribution is 7.89. The number of rotatable bonds is 6. The highest BCUT2D eigenvalue weighted by atomic mass is 35.5. The smallest absolute Gasteiger partial charge is 0.265 e. The first-order chi connectivity index (χ1) is 13.8. The number of nitrogens with zero attached hydrogens (tertiary/aromatic N) is 1. The van der Waals surface area contributed by atoms with Gasteiger partial charge in [0.15, 0.2) is 6.10 Å². The topological polar surface area (TPSA) is 75.7 Å². The van der Waals surface area contributed by atoms with Gasteiger partial charge in [-0.25, -0.2) is 8.42 Å². The summed E-state index contributed by atoms with van der Waals surface area (Å²) >= 11 is 11.9. The van der Waals surface area contributed by atoms with Crippen LogP contribution in [0.2, 0.25) is 10.0 Å². The molecule has 1 N–H and O–H groups in total. The molecule has 1 atom stereocenters. The number of nitrogens with one attached hydrogen (secondary N) is 1. The van der Waals surface area contributed by atoms with Gasteiger partial charge >= 0.3 is 0 Å². The normalized spacial score (nSPS) is 16.2. The second-order valence-corrected chi connectivity index (χ2v) is 9.59. The molecule has 3 rings (SSSR count). The number of piperidine rings is 1. The van der Waals surface area contributed by atoms with E-state index < -0.39 is 16.1 Å². The molecule has 1 amide bonds. The number of benzene rings is 2. The lowest BCUT2D eigenvalue weighted by atomic mass is 10.2. The van der Waals surface area contributed by atoms with E-state index in [1.54, 1.807) is 31.2 Å². The SMILES string of the molecule is CC(Oc1ccc(Cl)cc1Cl)C(=O)Nc1ccc(S(=O)(=O)N2CCCCC2)cc1. The molecule has 6 nitrogen and oxygen atoms in total. The predicted octanol–water partition coefficient (Wildman–Crippen LogP) is 4.57. The molecule has 1 heterocycles. The summed E-state index contributed by atoms with van der Waals surface area (Å²) in [5.74, 6) is -0.0376. The van der Waals surface area contributed by atoms with Crippen LogP contribution >= 0.6 is 23.2 Å². The lowest BCUT2D eigenvalue weighted by Crippen LogP contribution is -2.35. The van der Waals surface area contributed by atoms with E-state index in [0.717, 1.165) is 19.3 Å². The van der Waals surface area contributed by atoms with Crippen molar-refractivity contribution in [3.05, 3.63) is 52.5 Å². The zero-order valence-electron chi connectivity index (χ0n) is 15.9. The van der Waals surface area contributed by atoms with Gasteiger partial charge in [-0.3, -0.25) is 4.79 Å². The lowest BCUT2D eigenvalue weighted by molar-refractivity contribution is -0.122. The van der Waals surface area contributed by atoms with Gasteiger partial charge in [0, 0.05) is 23.8 Å². The van der Waals surface area contributed by atoms with Crippen LogP contribution in [-0.4, -0.2) is 37.8 Å². The van der Waals surface area contributed by atoms with Crippen LogP contribution in [0.25, 0.3) is 0 Å². The molecular weight excluding hydrogens is 435 g/mol. The summed E-state index contributed by atoms with van der Waals surface area (Å²) in [4.78, 5) is 12.6. The van der Waals surface area contributed by atoms with Crippen molar-refractivity contribution in [2.24, 2.45) is 0 Å². The average Bonchev–Trinajstić information content (AvgIpc) is 2.71. The van der Waals surface area contributed by atoms with Gasteiger partial charge in [0.05, 0.1) is 9.92 Å². The molecule has 0 saturated carbocycles. The number of halogens is 2. The number of sulfonamides is 1. The number of amides is 1. The largest absolute Gasteiger partial charge is 0.479 e. The van der Waals surface area contributed by atoms with Gasteiger partial charge in [0.1, 0.15) is 5.75 Å². The van der Waals surface area contributed by atoms with Crippen molar-refractivity contribution >= 4 is 44.8 Å². The molecule has 1 unspecified atom stereocenters. The zero-order chi connectivity index (χ0) is 21.0. The summed E-state index contributed by atoms with van der Waals surface area (Å²) in [6.07, 6.45) is 2.00. The van der Waals surface area contributed by atoms with Gasteiger partial charge in [-0.05, 0) is 62.2 Å². The number of ether oxygens (including phenoxy) is 1. The molecule has 156 valence electrons. The number of hydrogen-bond donors (Lipinski definition) is 1. The summed E-state index contributed by atoms with van der Waals surface area (Å²) in [6.45, 7) is 2.68. The molecule has 9 heteroatoms. The minimum Gasteiger partial charge on any atom is -0.479 e. The Balaban J connectivity index is 1.63. The molecule has 1 aliphatic heterocycles. The second kappa shape index (κ2) is 9.34.